The van der Waals surface area contributed by atoms with Crippen LogP contribution in [0.4, 0.5) is 0 Å². The quantitative estimate of drug-likeness (QED) is 0.243. The van der Waals surface area contributed by atoms with Gasteiger partial charge in [0.1, 0.15) is 0 Å². The van der Waals surface area contributed by atoms with Gasteiger partial charge in [0.15, 0.2) is 0 Å². The molecule has 0 amide bonds. The van der Waals surface area contributed by atoms with E-state index in [1.165, 1.54) is 51.1 Å². The second-order valence-corrected chi connectivity index (χ2v) is 16.7. The van der Waals surface area contributed by atoms with Crippen LogP contribution < -0.4 is 0 Å². The van der Waals surface area contributed by atoms with Crippen molar-refractivity contribution >= 4 is 18.1 Å². The summed E-state index contributed by atoms with van der Waals surface area (Å²) in [5.74, 6) is 0.342. The van der Waals surface area contributed by atoms with Gasteiger partial charge < -0.3 is 0 Å². The molecule has 0 bridgehead atoms. The van der Waals surface area contributed by atoms with E-state index < -0.39 is 5.81 Å². The Morgan fingerprint density at radius 1 is 1.24 bits per heavy atom. The summed E-state index contributed by atoms with van der Waals surface area (Å²) in [5, 5.41) is 0.427. The van der Waals surface area contributed by atoms with Gasteiger partial charge in [0, 0.05) is 0 Å². The van der Waals surface area contributed by atoms with Crippen LogP contribution in [0, 0.1) is 5.41 Å². The molecule has 21 heavy (non-hydrogen) atoms. The Labute approximate surface area is 138 Å². The summed E-state index contributed by atoms with van der Waals surface area (Å²) in [7, 11) is 0. The van der Waals surface area contributed by atoms with Crippen molar-refractivity contribution in [3.63, 3.8) is 0 Å². The van der Waals surface area contributed by atoms with Gasteiger partial charge in [-0.1, -0.05) is 0 Å². The van der Waals surface area contributed by atoms with Gasteiger partial charge in [0.05, 0.1) is 0 Å². The topological polar surface area (TPSA) is 0 Å². The first kappa shape index (κ1) is 19.3. The van der Waals surface area contributed by atoms with Crippen LogP contribution in [0.25, 0.3) is 0 Å². The van der Waals surface area contributed by atoms with E-state index in [2.05, 4.69) is 58.9 Å². The Bertz CT molecular complexity index is 390. The van der Waals surface area contributed by atoms with Crippen molar-refractivity contribution in [2.24, 2.45) is 5.41 Å². The average molecular weight is 329 g/mol. The predicted molar refractivity (Wildman–Crippen MR) is 106 cm³/mol. The molecular weight excluding hydrogens is 291 g/mol. The summed E-state index contributed by atoms with van der Waals surface area (Å²) in [6.07, 6.45) is 15.1. The number of rotatable bonds is 10. The van der Waals surface area contributed by atoms with E-state index in [4.69, 9.17) is 12.2 Å². The first-order chi connectivity index (χ1) is 9.70. The van der Waals surface area contributed by atoms with Crippen molar-refractivity contribution in [2.45, 2.75) is 77.8 Å². The van der Waals surface area contributed by atoms with Crippen LogP contribution >= 0.6 is 18.1 Å². The SMILES string of the molecule is C=CP1(C)(S)CC1(C)CC(CCC)(CCC)CC/C=C\C. The van der Waals surface area contributed by atoms with Crippen molar-refractivity contribution in [3.05, 3.63) is 24.5 Å². The first-order valence-corrected chi connectivity index (χ1v) is 12.8. The van der Waals surface area contributed by atoms with E-state index in [0.717, 1.165) is 0 Å². The third-order valence-corrected chi connectivity index (χ3v) is 13.7. The maximum absolute atomic E-state index is 5.16. The maximum atomic E-state index is 5.16. The van der Waals surface area contributed by atoms with Crippen molar-refractivity contribution in [2.75, 3.05) is 12.8 Å². The first-order valence-electron chi connectivity index (χ1n) is 8.71. The standard InChI is InChI=1S/C19H37PS/c1-7-11-12-15-19(13-8-2,14-9-3)16-18(5)17-20(18,6,21)10-4/h7,10-11,21H,4,8-9,12-17H2,1-3,5-6H3/b11-7-. The van der Waals surface area contributed by atoms with E-state index in [0.29, 0.717) is 10.6 Å². The summed E-state index contributed by atoms with van der Waals surface area (Å²) in [5.41, 5.74) is 0.513. The molecule has 1 rings (SSSR count). The van der Waals surface area contributed by atoms with Crippen molar-refractivity contribution in [1.82, 2.24) is 0 Å². The molecule has 0 nitrogen and oxygen atoms in total. The minimum atomic E-state index is -1.88. The molecule has 1 saturated heterocycles. The molecule has 1 aliphatic heterocycles. The molecule has 0 aromatic rings. The minimum absolute atomic E-state index is 0.427. The van der Waals surface area contributed by atoms with Crippen LogP contribution in [0.15, 0.2) is 24.5 Å². The molecule has 0 N–H and O–H groups in total. The summed E-state index contributed by atoms with van der Waals surface area (Å²) in [6.45, 7) is 15.8. The molecule has 2 heteroatoms. The molecule has 1 unspecified atom stereocenters. The predicted octanol–water partition coefficient (Wildman–Crippen LogP) is 7.26. The second-order valence-electron chi connectivity index (χ2n) is 7.95. The molecule has 124 valence electrons. The van der Waals surface area contributed by atoms with Crippen molar-refractivity contribution < 1.29 is 0 Å². The van der Waals surface area contributed by atoms with E-state index >= 15 is 0 Å². The Kier molecular flexibility index (Phi) is 6.25. The zero-order valence-corrected chi connectivity index (χ0v) is 16.8. The van der Waals surface area contributed by atoms with E-state index in [1.54, 1.807) is 0 Å². The van der Waals surface area contributed by atoms with Gasteiger partial charge in [0.2, 0.25) is 0 Å². The van der Waals surface area contributed by atoms with Crippen LogP contribution in [0.5, 0.6) is 0 Å². The van der Waals surface area contributed by atoms with Crippen LogP contribution in [0.2, 0.25) is 0 Å². The average Bonchev–Trinajstić information content (AvgIpc) is 2.85. The van der Waals surface area contributed by atoms with Gasteiger partial charge in [0.25, 0.3) is 0 Å². The summed E-state index contributed by atoms with van der Waals surface area (Å²) >= 11 is 5.16. The van der Waals surface area contributed by atoms with Crippen LogP contribution in [0.3, 0.4) is 0 Å². The molecule has 0 saturated carbocycles. The number of hydrogen-bond acceptors (Lipinski definition) is 1. The zero-order chi connectivity index (χ0) is 16.2. The van der Waals surface area contributed by atoms with Crippen LogP contribution in [0.1, 0.15) is 72.6 Å². The van der Waals surface area contributed by atoms with E-state index in [-0.39, 0.29) is 0 Å². The molecule has 0 radical (unpaired) electrons. The monoisotopic (exact) mass is 328 g/mol. The van der Waals surface area contributed by atoms with Crippen molar-refractivity contribution in [3.8, 4) is 0 Å². The van der Waals surface area contributed by atoms with Gasteiger partial charge in [-0.25, -0.2) is 0 Å². The fourth-order valence-corrected chi connectivity index (χ4v) is 9.91. The van der Waals surface area contributed by atoms with Crippen LogP contribution in [-0.2, 0) is 0 Å². The van der Waals surface area contributed by atoms with Crippen LogP contribution in [-0.4, -0.2) is 18.0 Å². The van der Waals surface area contributed by atoms with Gasteiger partial charge in [-0.15, -0.1) is 0 Å². The zero-order valence-electron chi connectivity index (χ0n) is 15.0. The van der Waals surface area contributed by atoms with Gasteiger partial charge >= 0.3 is 139 Å². The Hall–Kier alpha value is 0.260. The fraction of sp³-hybridized carbons (Fsp3) is 0.789. The Morgan fingerprint density at radius 2 is 1.81 bits per heavy atom. The van der Waals surface area contributed by atoms with Gasteiger partial charge in [-0.3, -0.25) is 0 Å². The Morgan fingerprint density at radius 3 is 2.19 bits per heavy atom. The fourth-order valence-electron chi connectivity index (χ4n) is 4.45. The van der Waals surface area contributed by atoms with Gasteiger partial charge in [-0.05, 0) is 0 Å². The molecule has 1 aliphatic rings. The summed E-state index contributed by atoms with van der Waals surface area (Å²) in [6, 6.07) is 0. The van der Waals surface area contributed by atoms with Crippen molar-refractivity contribution in [1.29, 1.82) is 0 Å². The number of hydrogen-bond donors (Lipinski definition) is 1. The molecular formula is C19H37PS. The Balaban J connectivity index is 2.94. The molecule has 0 spiro atoms. The second kappa shape index (κ2) is 6.79. The summed E-state index contributed by atoms with van der Waals surface area (Å²) < 4.78 is 0. The normalized spacial score (nSPS) is 29.0. The molecule has 1 atom stereocenters. The summed E-state index contributed by atoms with van der Waals surface area (Å²) in [4.78, 5) is 0. The third-order valence-electron chi connectivity index (χ3n) is 5.99. The number of allylic oxidation sites excluding steroid dienone is 2. The number of thiol groups is 1. The molecule has 1 fully saturated rings. The molecule has 1 heterocycles. The van der Waals surface area contributed by atoms with Gasteiger partial charge in [-0.2, -0.15) is 0 Å². The van der Waals surface area contributed by atoms with E-state index in [1.807, 2.05) is 0 Å². The van der Waals surface area contributed by atoms with E-state index in [9.17, 15) is 0 Å². The molecule has 0 aromatic carbocycles. The molecule has 0 aliphatic carbocycles. The third kappa shape index (κ3) is 3.97. The molecule has 0 aromatic heterocycles.